The summed E-state index contributed by atoms with van der Waals surface area (Å²) in [7, 11) is 0. The third-order valence-electron chi connectivity index (χ3n) is 5.15. The first-order chi connectivity index (χ1) is 10.0. The smallest absolute Gasteiger partial charge is 0.247 e. The van der Waals surface area contributed by atoms with Gasteiger partial charge in [-0.1, -0.05) is 40.5 Å². The lowest BCUT2D eigenvalue weighted by molar-refractivity contribution is -0.274. The van der Waals surface area contributed by atoms with Crippen molar-refractivity contribution in [3.63, 3.8) is 0 Å². The number of rotatable bonds is 8. The number of hydrogen-bond acceptors (Lipinski definition) is 4. The minimum atomic E-state index is -0.671. The molecule has 0 aromatic heterocycles. The summed E-state index contributed by atoms with van der Waals surface area (Å²) in [6, 6.07) is 0. The van der Waals surface area contributed by atoms with Gasteiger partial charge in [0.25, 0.3) is 0 Å². The first kappa shape index (κ1) is 20.9. The molecule has 0 amide bonds. The van der Waals surface area contributed by atoms with Gasteiger partial charge in [-0.25, -0.2) is 19.4 Å². The van der Waals surface area contributed by atoms with Crippen molar-refractivity contribution in [3.8, 4) is 0 Å². The van der Waals surface area contributed by atoms with Crippen LogP contribution in [0.4, 0.5) is 0 Å². The van der Waals surface area contributed by atoms with Crippen LogP contribution in [0.5, 0.6) is 0 Å². The summed E-state index contributed by atoms with van der Waals surface area (Å²) >= 11 is 0. The van der Waals surface area contributed by atoms with E-state index in [2.05, 4.69) is 13.8 Å². The Morgan fingerprint density at radius 1 is 0.773 bits per heavy atom. The van der Waals surface area contributed by atoms with E-state index in [1.54, 1.807) is 0 Å². The Balaban J connectivity index is 4.67. The van der Waals surface area contributed by atoms with Gasteiger partial charge in [0.05, 0.1) is 10.8 Å². The quantitative estimate of drug-likeness (QED) is 0.471. The molecule has 22 heavy (non-hydrogen) atoms. The standard InChI is InChI=1S/C18H34O4/c1-9-11-13(3)17(5,6)15(19)21-22-16(20)18(7,8)14(4)12-10-2/h13-14H,9-12H2,1-8H3. The van der Waals surface area contributed by atoms with Crippen molar-refractivity contribution in [2.24, 2.45) is 22.7 Å². The van der Waals surface area contributed by atoms with Crippen LogP contribution < -0.4 is 0 Å². The molecule has 4 nitrogen and oxygen atoms in total. The van der Waals surface area contributed by atoms with E-state index < -0.39 is 22.8 Å². The first-order valence-corrected chi connectivity index (χ1v) is 8.45. The number of carbonyl (C=O) groups is 2. The molecule has 0 fully saturated rings. The van der Waals surface area contributed by atoms with Crippen LogP contribution in [-0.2, 0) is 19.4 Å². The Morgan fingerprint density at radius 2 is 1.05 bits per heavy atom. The van der Waals surface area contributed by atoms with Crippen LogP contribution in [0.25, 0.3) is 0 Å². The van der Waals surface area contributed by atoms with Gasteiger partial charge >= 0.3 is 11.9 Å². The summed E-state index contributed by atoms with van der Waals surface area (Å²) in [5.74, 6) is -0.645. The van der Waals surface area contributed by atoms with E-state index in [-0.39, 0.29) is 11.8 Å². The molecule has 0 bridgehead atoms. The molecule has 0 aliphatic rings. The Kier molecular flexibility index (Phi) is 8.13. The average Bonchev–Trinajstić information content (AvgIpc) is 2.44. The Labute approximate surface area is 135 Å². The fraction of sp³-hybridized carbons (Fsp3) is 0.889. The summed E-state index contributed by atoms with van der Waals surface area (Å²) in [5.41, 5.74) is -1.34. The van der Waals surface area contributed by atoms with Gasteiger partial charge in [-0.2, -0.15) is 0 Å². The van der Waals surface area contributed by atoms with Gasteiger partial charge in [0.15, 0.2) is 0 Å². The maximum absolute atomic E-state index is 12.2. The zero-order chi connectivity index (χ0) is 17.6. The predicted octanol–water partition coefficient (Wildman–Crippen LogP) is 4.91. The van der Waals surface area contributed by atoms with Crippen molar-refractivity contribution >= 4 is 11.9 Å². The lowest BCUT2D eigenvalue weighted by Gasteiger charge is -2.30. The molecular weight excluding hydrogens is 280 g/mol. The van der Waals surface area contributed by atoms with E-state index in [9.17, 15) is 9.59 Å². The van der Waals surface area contributed by atoms with E-state index in [1.807, 2.05) is 41.5 Å². The Hall–Kier alpha value is -1.06. The Bertz CT molecular complexity index is 335. The summed E-state index contributed by atoms with van der Waals surface area (Å²) in [6.45, 7) is 15.5. The van der Waals surface area contributed by atoms with Gasteiger partial charge in [-0.3, -0.25) is 0 Å². The molecule has 0 saturated carbocycles. The summed E-state index contributed by atoms with van der Waals surface area (Å²) in [6.07, 6.45) is 3.85. The van der Waals surface area contributed by atoms with Crippen LogP contribution in [0, 0.1) is 22.7 Å². The van der Waals surface area contributed by atoms with Gasteiger partial charge in [0, 0.05) is 0 Å². The van der Waals surface area contributed by atoms with Gasteiger partial charge in [0.1, 0.15) is 0 Å². The van der Waals surface area contributed by atoms with E-state index in [0.717, 1.165) is 25.7 Å². The maximum Gasteiger partial charge on any atom is 0.361 e. The molecule has 2 atom stereocenters. The molecule has 0 saturated heterocycles. The minimum absolute atomic E-state index is 0.163. The molecule has 0 aliphatic heterocycles. The van der Waals surface area contributed by atoms with Crippen molar-refractivity contribution in [3.05, 3.63) is 0 Å². The van der Waals surface area contributed by atoms with Crippen LogP contribution in [0.1, 0.15) is 81.1 Å². The molecule has 0 rings (SSSR count). The Morgan fingerprint density at radius 3 is 1.27 bits per heavy atom. The van der Waals surface area contributed by atoms with Crippen LogP contribution in [0.2, 0.25) is 0 Å². The van der Waals surface area contributed by atoms with E-state index in [0.29, 0.717) is 0 Å². The van der Waals surface area contributed by atoms with E-state index in [1.165, 1.54) is 0 Å². The molecule has 0 aromatic rings. The summed E-state index contributed by atoms with van der Waals surface area (Å²) in [4.78, 5) is 34.1. The van der Waals surface area contributed by atoms with Gasteiger partial charge in [0.2, 0.25) is 0 Å². The molecule has 0 aliphatic carbocycles. The van der Waals surface area contributed by atoms with Crippen LogP contribution in [0.15, 0.2) is 0 Å². The van der Waals surface area contributed by atoms with Crippen molar-refractivity contribution in [1.29, 1.82) is 0 Å². The van der Waals surface area contributed by atoms with E-state index in [4.69, 9.17) is 9.78 Å². The zero-order valence-corrected chi connectivity index (χ0v) is 15.6. The van der Waals surface area contributed by atoms with Gasteiger partial charge < -0.3 is 0 Å². The lowest BCUT2D eigenvalue weighted by Crippen LogP contribution is -2.37. The molecule has 0 aromatic carbocycles. The number of carbonyl (C=O) groups excluding carboxylic acids is 2. The third kappa shape index (κ3) is 5.29. The first-order valence-electron chi connectivity index (χ1n) is 8.45. The fourth-order valence-electron chi connectivity index (χ4n) is 2.28. The van der Waals surface area contributed by atoms with Crippen LogP contribution in [-0.4, -0.2) is 11.9 Å². The van der Waals surface area contributed by atoms with Crippen molar-refractivity contribution in [2.45, 2.75) is 81.1 Å². The molecule has 0 spiro atoms. The topological polar surface area (TPSA) is 52.6 Å². The maximum atomic E-state index is 12.2. The van der Waals surface area contributed by atoms with Crippen molar-refractivity contribution in [2.75, 3.05) is 0 Å². The second kappa shape index (κ2) is 8.54. The highest BCUT2D eigenvalue weighted by molar-refractivity contribution is 5.79. The molecule has 0 radical (unpaired) electrons. The van der Waals surface area contributed by atoms with Crippen molar-refractivity contribution in [1.82, 2.24) is 0 Å². The predicted molar refractivity (Wildman–Crippen MR) is 87.9 cm³/mol. The van der Waals surface area contributed by atoms with Crippen LogP contribution in [0.3, 0.4) is 0 Å². The lowest BCUT2D eigenvalue weighted by atomic mass is 9.77. The molecule has 4 heteroatoms. The highest BCUT2D eigenvalue weighted by atomic mass is 17.2. The highest BCUT2D eigenvalue weighted by Gasteiger charge is 2.40. The monoisotopic (exact) mass is 314 g/mol. The van der Waals surface area contributed by atoms with Crippen LogP contribution >= 0.6 is 0 Å². The summed E-state index contributed by atoms with van der Waals surface area (Å²) < 4.78 is 0. The van der Waals surface area contributed by atoms with Gasteiger partial charge in [-0.15, -0.1) is 0 Å². The normalized spacial score (nSPS) is 15.1. The van der Waals surface area contributed by atoms with Gasteiger partial charge in [-0.05, 0) is 52.4 Å². The van der Waals surface area contributed by atoms with E-state index >= 15 is 0 Å². The molecule has 0 N–H and O–H groups in total. The zero-order valence-electron chi connectivity index (χ0n) is 15.6. The molecule has 130 valence electrons. The summed E-state index contributed by atoms with van der Waals surface area (Å²) in [5, 5.41) is 0. The average molecular weight is 314 g/mol. The van der Waals surface area contributed by atoms with Crippen molar-refractivity contribution < 1.29 is 19.4 Å². The second-order valence-electron chi connectivity index (χ2n) is 7.56. The minimum Gasteiger partial charge on any atom is -0.247 e. The molecule has 0 heterocycles. The molecular formula is C18H34O4. The molecule has 2 unspecified atom stereocenters. The highest BCUT2D eigenvalue weighted by Crippen LogP contribution is 2.34. The second-order valence-corrected chi connectivity index (χ2v) is 7.56. The fourth-order valence-corrected chi connectivity index (χ4v) is 2.28. The largest absolute Gasteiger partial charge is 0.361 e. The SMILES string of the molecule is CCCC(C)C(C)(C)C(=O)OOC(=O)C(C)(C)C(C)CCC. The third-order valence-corrected chi connectivity index (χ3v) is 5.15. The number of hydrogen-bond donors (Lipinski definition) is 0.